The third-order valence-electron chi connectivity index (χ3n) is 3.53. The third-order valence-corrected chi connectivity index (χ3v) is 4.75. The first-order valence-corrected chi connectivity index (χ1v) is 9.18. The number of nitrogens with one attached hydrogen (secondary N) is 2. The molecule has 10 heteroatoms. The molecule has 2 rings (SSSR count). The molecule has 146 valence electrons. The normalized spacial score (nSPS) is 12.9. The third kappa shape index (κ3) is 5.74. The molecule has 1 aromatic carbocycles. The predicted octanol–water partition coefficient (Wildman–Crippen LogP) is 4.68. The van der Waals surface area contributed by atoms with Gasteiger partial charge >= 0.3 is 6.18 Å². The van der Waals surface area contributed by atoms with Crippen LogP contribution in [0.1, 0.15) is 37.9 Å². The molecule has 0 radical (unpaired) electrons. The molecule has 1 amide bonds. The highest BCUT2D eigenvalue weighted by Gasteiger charge is 2.34. The number of amides is 1. The van der Waals surface area contributed by atoms with E-state index in [9.17, 15) is 22.8 Å². The number of H-pyrrole nitrogens is 1. The van der Waals surface area contributed by atoms with Crippen molar-refractivity contribution in [3.8, 4) is 0 Å². The zero-order valence-corrected chi connectivity index (χ0v) is 16.2. The van der Waals surface area contributed by atoms with Crippen molar-refractivity contribution >= 4 is 35.0 Å². The maximum absolute atomic E-state index is 13.1. The number of carbonyl (C=O) groups excluding carboxylic acids is 1. The van der Waals surface area contributed by atoms with Gasteiger partial charge in [0.25, 0.3) is 5.56 Å². The van der Waals surface area contributed by atoms with Gasteiger partial charge < -0.3 is 10.3 Å². The van der Waals surface area contributed by atoms with Crippen LogP contribution in [-0.4, -0.2) is 21.1 Å². The van der Waals surface area contributed by atoms with Gasteiger partial charge in [0.2, 0.25) is 5.91 Å². The van der Waals surface area contributed by atoms with Crippen LogP contribution in [0.2, 0.25) is 5.02 Å². The molecule has 0 aliphatic carbocycles. The lowest BCUT2D eigenvalue weighted by Crippen LogP contribution is -2.25. The Labute approximate surface area is 162 Å². The number of halogens is 4. The summed E-state index contributed by atoms with van der Waals surface area (Å²) in [5.74, 6) is -0.665. The molecule has 2 N–H and O–H groups in total. The fourth-order valence-corrected chi connectivity index (χ4v) is 3.12. The van der Waals surface area contributed by atoms with Crippen molar-refractivity contribution in [1.29, 1.82) is 0 Å². The molecule has 0 bridgehead atoms. The lowest BCUT2D eigenvalue weighted by Gasteiger charge is -2.16. The average Bonchev–Trinajstić information content (AvgIpc) is 2.52. The molecular formula is C17H17ClF3N3O2S. The van der Waals surface area contributed by atoms with Gasteiger partial charge in [0.15, 0.2) is 5.16 Å². The highest BCUT2D eigenvalue weighted by atomic mass is 35.5. The van der Waals surface area contributed by atoms with E-state index in [0.717, 1.165) is 30.0 Å². The molecule has 1 atom stereocenters. The average molecular weight is 420 g/mol. The summed E-state index contributed by atoms with van der Waals surface area (Å²) in [6, 6.07) is 4.31. The maximum atomic E-state index is 13.1. The van der Waals surface area contributed by atoms with Crippen LogP contribution in [0.4, 0.5) is 18.9 Å². The van der Waals surface area contributed by atoms with Crippen molar-refractivity contribution in [2.45, 2.75) is 43.3 Å². The smallest absolute Gasteiger partial charge is 0.324 e. The molecular weight excluding hydrogens is 403 g/mol. The van der Waals surface area contributed by atoms with Gasteiger partial charge in [0.1, 0.15) is 0 Å². The Kier molecular flexibility index (Phi) is 6.59. The lowest BCUT2D eigenvalue weighted by molar-refractivity contribution is -0.137. The summed E-state index contributed by atoms with van der Waals surface area (Å²) in [5.41, 5.74) is -1.23. The second-order valence-corrected chi connectivity index (χ2v) is 7.83. The van der Waals surface area contributed by atoms with Crippen LogP contribution in [0.3, 0.4) is 0 Å². The Balaban J connectivity index is 2.20. The quantitative estimate of drug-likeness (QED) is 0.545. The van der Waals surface area contributed by atoms with Gasteiger partial charge in [-0.25, -0.2) is 4.98 Å². The Hall–Kier alpha value is -2.00. The van der Waals surface area contributed by atoms with Gasteiger partial charge in [-0.15, -0.1) is 0 Å². The number of nitrogens with zero attached hydrogens (tertiary/aromatic N) is 1. The summed E-state index contributed by atoms with van der Waals surface area (Å²) in [4.78, 5) is 30.8. The number of hydrogen-bond acceptors (Lipinski definition) is 4. The maximum Gasteiger partial charge on any atom is 0.418 e. The zero-order valence-electron chi connectivity index (χ0n) is 14.6. The minimum Gasteiger partial charge on any atom is -0.324 e. The standard InChI is InChI=1S/C17H17ClF3N3O2S/c1-8(2)12-7-14(25)24-16(23-12)27-9(3)15(26)22-13-6-10(18)4-5-11(13)17(19,20)21/h4-9H,1-3H3,(H,22,26)(H,23,24,25). The van der Waals surface area contributed by atoms with Gasteiger partial charge in [-0.3, -0.25) is 9.59 Å². The summed E-state index contributed by atoms with van der Waals surface area (Å²) in [7, 11) is 0. The van der Waals surface area contributed by atoms with Crippen molar-refractivity contribution < 1.29 is 18.0 Å². The summed E-state index contributed by atoms with van der Waals surface area (Å²) in [6.07, 6.45) is -4.64. The van der Waals surface area contributed by atoms with Crippen LogP contribution in [0, 0.1) is 0 Å². The Morgan fingerprint density at radius 3 is 2.52 bits per heavy atom. The lowest BCUT2D eigenvalue weighted by atomic mass is 10.1. The molecule has 0 fully saturated rings. The van der Waals surface area contributed by atoms with Gasteiger partial charge in [0, 0.05) is 11.1 Å². The molecule has 0 saturated carbocycles. The second-order valence-electron chi connectivity index (χ2n) is 6.07. The highest BCUT2D eigenvalue weighted by molar-refractivity contribution is 8.00. The molecule has 0 aliphatic rings. The van der Waals surface area contributed by atoms with E-state index in [1.807, 2.05) is 13.8 Å². The molecule has 1 heterocycles. The van der Waals surface area contributed by atoms with Crippen molar-refractivity contribution in [3.05, 3.63) is 50.9 Å². The first-order chi connectivity index (χ1) is 12.5. The molecule has 0 aliphatic heterocycles. The molecule has 0 spiro atoms. The number of benzene rings is 1. The number of alkyl halides is 3. The minimum absolute atomic E-state index is 0.0107. The summed E-state index contributed by atoms with van der Waals surface area (Å²) < 4.78 is 39.3. The van der Waals surface area contributed by atoms with Gasteiger partial charge in [-0.1, -0.05) is 37.2 Å². The second kappa shape index (κ2) is 8.35. The van der Waals surface area contributed by atoms with Crippen LogP contribution in [0.5, 0.6) is 0 Å². The van der Waals surface area contributed by atoms with Gasteiger partial charge in [-0.2, -0.15) is 13.2 Å². The highest BCUT2D eigenvalue weighted by Crippen LogP contribution is 2.36. The van der Waals surface area contributed by atoms with Crippen LogP contribution in [0.25, 0.3) is 0 Å². The van der Waals surface area contributed by atoms with Crippen molar-refractivity contribution in [3.63, 3.8) is 0 Å². The molecule has 1 aromatic heterocycles. The van der Waals surface area contributed by atoms with Gasteiger partial charge in [-0.05, 0) is 31.0 Å². The number of anilines is 1. The van der Waals surface area contributed by atoms with E-state index in [-0.39, 0.29) is 21.7 Å². The molecule has 27 heavy (non-hydrogen) atoms. The largest absolute Gasteiger partial charge is 0.418 e. The summed E-state index contributed by atoms with van der Waals surface area (Å²) >= 11 is 6.69. The molecule has 2 aromatic rings. The molecule has 1 unspecified atom stereocenters. The predicted molar refractivity (Wildman–Crippen MR) is 99.3 cm³/mol. The van der Waals surface area contributed by atoms with E-state index in [2.05, 4.69) is 15.3 Å². The van der Waals surface area contributed by atoms with E-state index in [4.69, 9.17) is 11.6 Å². The number of rotatable bonds is 5. The van der Waals surface area contributed by atoms with Gasteiger partial charge in [0.05, 0.1) is 22.2 Å². The minimum atomic E-state index is -4.64. The van der Waals surface area contributed by atoms with Crippen molar-refractivity contribution in [2.24, 2.45) is 0 Å². The van der Waals surface area contributed by atoms with Crippen molar-refractivity contribution in [2.75, 3.05) is 5.32 Å². The van der Waals surface area contributed by atoms with E-state index >= 15 is 0 Å². The number of carbonyl (C=O) groups is 1. The van der Waals surface area contributed by atoms with Crippen LogP contribution < -0.4 is 10.9 Å². The number of hydrogen-bond donors (Lipinski definition) is 2. The van der Waals surface area contributed by atoms with E-state index in [1.165, 1.54) is 13.0 Å². The van der Waals surface area contributed by atoms with Crippen molar-refractivity contribution in [1.82, 2.24) is 9.97 Å². The SMILES string of the molecule is CC(Sc1nc(C(C)C)cc(=O)[nH]1)C(=O)Nc1cc(Cl)ccc1C(F)(F)F. The van der Waals surface area contributed by atoms with E-state index < -0.39 is 28.6 Å². The Bertz CT molecular complexity index is 900. The topological polar surface area (TPSA) is 74.8 Å². The van der Waals surface area contributed by atoms with Crippen LogP contribution >= 0.6 is 23.4 Å². The zero-order chi connectivity index (χ0) is 20.4. The molecule has 5 nitrogen and oxygen atoms in total. The number of aromatic nitrogens is 2. The number of aromatic amines is 1. The fourth-order valence-electron chi connectivity index (χ4n) is 2.13. The van der Waals surface area contributed by atoms with E-state index in [0.29, 0.717) is 5.69 Å². The van der Waals surface area contributed by atoms with Crippen LogP contribution in [-0.2, 0) is 11.0 Å². The molecule has 0 saturated heterocycles. The van der Waals surface area contributed by atoms with E-state index in [1.54, 1.807) is 0 Å². The summed E-state index contributed by atoms with van der Waals surface area (Å²) in [6.45, 7) is 5.23. The first kappa shape index (κ1) is 21.3. The Morgan fingerprint density at radius 1 is 1.26 bits per heavy atom. The van der Waals surface area contributed by atoms with Crippen LogP contribution in [0.15, 0.2) is 34.2 Å². The first-order valence-electron chi connectivity index (χ1n) is 7.93. The monoisotopic (exact) mass is 419 g/mol. The Morgan fingerprint density at radius 2 is 1.93 bits per heavy atom. The fraction of sp³-hybridized carbons (Fsp3) is 0.353. The number of thioether (sulfide) groups is 1. The summed E-state index contributed by atoms with van der Waals surface area (Å²) in [5, 5.41) is 1.72.